The third kappa shape index (κ3) is 5.42. The molecule has 3 heterocycles. The van der Waals surface area contributed by atoms with Gasteiger partial charge < -0.3 is 4.42 Å². The predicted octanol–water partition coefficient (Wildman–Crippen LogP) is 11.1. The minimum absolute atomic E-state index is 0.596. The highest BCUT2D eigenvalue weighted by Crippen LogP contribution is 2.41. The average Bonchev–Trinajstić information content (AvgIpc) is 3.73. The van der Waals surface area contributed by atoms with Gasteiger partial charge in [0.05, 0.1) is 11.4 Å². The van der Waals surface area contributed by atoms with Crippen LogP contribution in [0.25, 0.3) is 76.5 Å². The van der Waals surface area contributed by atoms with E-state index >= 15 is 0 Å². The Morgan fingerprint density at radius 2 is 1.53 bits per heavy atom. The number of nitrogens with zero attached hydrogens (tertiary/aromatic N) is 3. The number of benzene rings is 5. The van der Waals surface area contributed by atoms with E-state index in [1.807, 2.05) is 66.7 Å². The Labute approximate surface area is 276 Å². The molecule has 0 aliphatic heterocycles. The number of aromatic nitrogens is 3. The van der Waals surface area contributed by atoms with Gasteiger partial charge in [-0.15, -0.1) is 17.8 Å². The molecule has 0 amide bonds. The number of oxazole rings is 1. The smallest absolute Gasteiger partial charge is 0.227 e. The molecule has 5 heteroatoms. The molecule has 0 N–H and O–H groups in total. The molecular formula is C42H27N3OS. The van der Waals surface area contributed by atoms with Gasteiger partial charge >= 0.3 is 0 Å². The Morgan fingerprint density at radius 1 is 0.745 bits per heavy atom. The van der Waals surface area contributed by atoms with Gasteiger partial charge in [0.1, 0.15) is 5.52 Å². The van der Waals surface area contributed by atoms with Gasteiger partial charge in [-0.3, -0.25) is 0 Å². The van der Waals surface area contributed by atoms with Gasteiger partial charge in [-0.1, -0.05) is 90.8 Å². The van der Waals surface area contributed by atoms with Gasteiger partial charge in [-0.2, -0.15) is 0 Å². The molecule has 8 aromatic rings. The van der Waals surface area contributed by atoms with Crippen molar-refractivity contribution in [3.63, 3.8) is 0 Å². The van der Waals surface area contributed by atoms with E-state index in [2.05, 4.69) is 79.6 Å². The lowest BCUT2D eigenvalue weighted by atomic mass is 10.0. The molecular weight excluding hydrogens is 595 g/mol. The molecule has 3 aromatic heterocycles. The minimum Gasteiger partial charge on any atom is -0.436 e. The summed E-state index contributed by atoms with van der Waals surface area (Å²) in [5.41, 5.74) is 9.11. The van der Waals surface area contributed by atoms with Crippen molar-refractivity contribution in [3.05, 3.63) is 151 Å². The molecule has 0 radical (unpaired) electrons. The zero-order chi connectivity index (χ0) is 31.7. The van der Waals surface area contributed by atoms with Crippen molar-refractivity contribution in [2.24, 2.45) is 0 Å². The van der Waals surface area contributed by atoms with Crippen LogP contribution >= 0.6 is 11.3 Å². The van der Waals surface area contributed by atoms with Crippen LogP contribution in [0, 0.1) is 12.3 Å². The molecule has 222 valence electrons. The van der Waals surface area contributed by atoms with E-state index < -0.39 is 0 Å². The summed E-state index contributed by atoms with van der Waals surface area (Å²) in [5, 5.41) is 2.20. The maximum absolute atomic E-state index is 6.14. The quantitative estimate of drug-likeness (QED) is 0.137. The molecule has 0 saturated carbocycles. The molecule has 0 bridgehead atoms. The summed E-state index contributed by atoms with van der Waals surface area (Å²) in [5.74, 6) is 3.97. The first-order valence-corrected chi connectivity index (χ1v) is 16.1. The fourth-order valence-corrected chi connectivity index (χ4v) is 7.02. The van der Waals surface area contributed by atoms with E-state index in [0.717, 1.165) is 71.4 Å². The molecule has 0 atom stereocenters. The molecule has 0 aliphatic rings. The highest BCUT2D eigenvalue weighted by molar-refractivity contribution is 7.26. The standard InChI is InChI=1S/C42H27N3OS/c1-3-13-30(24-27(2)28-14-6-4-7-15-28)36-26-35(29-16-8-5-9-17-29)43-41(44-36)32-18-12-21-39-40(32)33-25-31(22-23-38(33)47-39)42-45-34-19-10-11-20-37(34)46-42/h1,4-26H,2H3/b27-24+,30-13+. The van der Waals surface area contributed by atoms with Crippen molar-refractivity contribution < 1.29 is 4.42 Å². The number of rotatable bonds is 6. The predicted molar refractivity (Wildman–Crippen MR) is 196 cm³/mol. The number of para-hydroxylation sites is 2. The normalized spacial score (nSPS) is 12.2. The molecule has 0 unspecified atom stereocenters. The lowest BCUT2D eigenvalue weighted by Crippen LogP contribution is -1.98. The van der Waals surface area contributed by atoms with Gasteiger partial charge in [0, 0.05) is 42.4 Å². The van der Waals surface area contributed by atoms with E-state index in [1.165, 1.54) is 4.70 Å². The SMILES string of the molecule is C#C/C=C(\C=C(/C)c1ccccc1)c1cc(-c2ccccc2)nc(-c2cccc3sc4ccc(-c5nc6ccccc6o5)cc4c23)n1. The maximum atomic E-state index is 6.14. The Hall–Kier alpha value is -6.09. The zero-order valence-corrected chi connectivity index (χ0v) is 26.3. The summed E-state index contributed by atoms with van der Waals surface area (Å²) in [4.78, 5) is 15.1. The molecule has 5 aromatic carbocycles. The number of fused-ring (bicyclic) bond motifs is 4. The van der Waals surface area contributed by atoms with Crippen LogP contribution in [0.15, 0.2) is 144 Å². The number of terminal acetylenes is 1. The van der Waals surface area contributed by atoms with Crippen LogP contribution in [0.1, 0.15) is 18.2 Å². The van der Waals surface area contributed by atoms with Gasteiger partial charge in [-0.05, 0) is 72.7 Å². The Balaban J connectivity index is 1.33. The van der Waals surface area contributed by atoms with Crippen LogP contribution in [0.4, 0.5) is 0 Å². The van der Waals surface area contributed by atoms with E-state index in [4.69, 9.17) is 25.8 Å². The third-order valence-electron chi connectivity index (χ3n) is 8.21. The summed E-state index contributed by atoms with van der Waals surface area (Å²) in [7, 11) is 0. The first kappa shape index (κ1) is 28.4. The summed E-state index contributed by atoms with van der Waals surface area (Å²) >= 11 is 1.75. The van der Waals surface area contributed by atoms with Crippen LogP contribution in [0.5, 0.6) is 0 Å². The lowest BCUT2D eigenvalue weighted by molar-refractivity contribution is 0.620. The zero-order valence-electron chi connectivity index (χ0n) is 25.5. The molecule has 0 spiro atoms. The van der Waals surface area contributed by atoms with Gasteiger partial charge in [-0.25, -0.2) is 15.0 Å². The van der Waals surface area contributed by atoms with E-state index in [9.17, 15) is 0 Å². The third-order valence-corrected chi connectivity index (χ3v) is 9.34. The van der Waals surface area contributed by atoms with E-state index in [1.54, 1.807) is 17.4 Å². The molecule has 0 aliphatic carbocycles. The fraction of sp³-hybridized carbons (Fsp3) is 0.0238. The summed E-state index contributed by atoms with van der Waals surface area (Å²) in [6, 6.07) is 43.0. The van der Waals surface area contributed by atoms with Crippen molar-refractivity contribution in [1.82, 2.24) is 15.0 Å². The van der Waals surface area contributed by atoms with Gasteiger partial charge in [0.2, 0.25) is 5.89 Å². The highest BCUT2D eigenvalue weighted by Gasteiger charge is 2.18. The van der Waals surface area contributed by atoms with Crippen molar-refractivity contribution >= 4 is 53.8 Å². The second-order valence-electron chi connectivity index (χ2n) is 11.3. The van der Waals surface area contributed by atoms with Crippen LogP contribution < -0.4 is 0 Å². The van der Waals surface area contributed by atoms with Crippen LogP contribution in [0.2, 0.25) is 0 Å². The van der Waals surface area contributed by atoms with Crippen molar-refractivity contribution in [3.8, 4) is 46.4 Å². The number of thiophene rings is 1. The minimum atomic E-state index is 0.596. The molecule has 0 fully saturated rings. The summed E-state index contributed by atoms with van der Waals surface area (Å²) < 4.78 is 8.46. The largest absolute Gasteiger partial charge is 0.436 e. The highest BCUT2D eigenvalue weighted by atomic mass is 32.1. The van der Waals surface area contributed by atoms with Crippen LogP contribution in [0.3, 0.4) is 0 Å². The number of hydrogen-bond donors (Lipinski definition) is 0. The first-order valence-electron chi connectivity index (χ1n) is 15.3. The second kappa shape index (κ2) is 12.0. The van der Waals surface area contributed by atoms with Gasteiger partial charge in [0.15, 0.2) is 11.4 Å². The fourth-order valence-electron chi connectivity index (χ4n) is 5.91. The lowest BCUT2D eigenvalue weighted by Gasteiger charge is -2.11. The first-order chi connectivity index (χ1) is 23.1. The van der Waals surface area contributed by atoms with Crippen molar-refractivity contribution in [2.45, 2.75) is 6.92 Å². The van der Waals surface area contributed by atoms with Crippen LogP contribution in [-0.4, -0.2) is 15.0 Å². The number of allylic oxidation sites excluding steroid dienone is 4. The molecule has 4 nitrogen and oxygen atoms in total. The van der Waals surface area contributed by atoms with E-state index in [0.29, 0.717) is 11.7 Å². The van der Waals surface area contributed by atoms with Gasteiger partial charge in [0.25, 0.3) is 0 Å². The topological polar surface area (TPSA) is 51.8 Å². The maximum Gasteiger partial charge on any atom is 0.227 e. The molecule has 0 saturated heterocycles. The van der Waals surface area contributed by atoms with Crippen molar-refractivity contribution in [1.29, 1.82) is 0 Å². The van der Waals surface area contributed by atoms with E-state index in [-0.39, 0.29) is 0 Å². The molecule has 8 rings (SSSR count). The Bertz CT molecular complexity index is 2500. The molecule has 47 heavy (non-hydrogen) atoms. The van der Waals surface area contributed by atoms with Crippen LogP contribution in [-0.2, 0) is 0 Å². The monoisotopic (exact) mass is 621 g/mol. The summed E-state index contributed by atoms with van der Waals surface area (Å²) in [6.45, 7) is 2.09. The Morgan fingerprint density at radius 3 is 2.34 bits per heavy atom. The van der Waals surface area contributed by atoms with Crippen molar-refractivity contribution in [2.75, 3.05) is 0 Å². The number of hydrogen-bond acceptors (Lipinski definition) is 5. The second-order valence-corrected chi connectivity index (χ2v) is 12.4. The summed E-state index contributed by atoms with van der Waals surface area (Å²) in [6.07, 6.45) is 9.76. The Kier molecular flexibility index (Phi) is 7.26. The average molecular weight is 622 g/mol.